The van der Waals surface area contributed by atoms with E-state index in [0.29, 0.717) is 0 Å². The Hall–Kier alpha value is -1.40. The summed E-state index contributed by atoms with van der Waals surface area (Å²) in [6.07, 6.45) is 0.110. The number of nitrogens with zero attached hydrogens (tertiary/aromatic N) is 1. The van der Waals surface area contributed by atoms with Crippen molar-refractivity contribution in [3.63, 3.8) is 0 Å². The summed E-state index contributed by atoms with van der Waals surface area (Å²) >= 11 is 5.50. The molecule has 72 valence electrons. The van der Waals surface area contributed by atoms with Crippen LogP contribution in [0.4, 0.5) is 4.39 Å². The largest absolute Gasteiger partial charge is 0.294 e. The molecule has 0 atom stereocenters. The first-order valence-electron chi connectivity index (χ1n) is 4.01. The van der Waals surface area contributed by atoms with Crippen LogP contribution in [0.15, 0.2) is 18.2 Å². The maximum atomic E-state index is 13.2. The fourth-order valence-electron chi connectivity index (χ4n) is 1.02. The molecule has 2 nitrogen and oxygen atoms in total. The monoisotopic (exact) mass is 211 g/mol. The van der Waals surface area contributed by atoms with Crippen LogP contribution in [0.5, 0.6) is 0 Å². The summed E-state index contributed by atoms with van der Waals surface area (Å²) in [6.45, 7) is 0. The summed E-state index contributed by atoms with van der Waals surface area (Å²) in [7, 11) is 0. The van der Waals surface area contributed by atoms with Crippen molar-refractivity contribution >= 4 is 17.4 Å². The molecular formula is C10H7ClFNO. The normalized spacial score (nSPS) is 9.50. The topological polar surface area (TPSA) is 40.9 Å². The third-order valence-electron chi connectivity index (χ3n) is 1.72. The number of ketones is 1. The molecule has 0 unspecified atom stereocenters. The van der Waals surface area contributed by atoms with Crippen LogP contribution in [0.2, 0.25) is 5.02 Å². The number of nitriles is 1. The molecule has 0 heterocycles. The van der Waals surface area contributed by atoms with Crippen LogP contribution >= 0.6 is 11.6 Å². The van der Waals surface area contributed by atoms with Gasteiger partial charge in [0.15, 0.2) is 11.6 Å². The number of halogens is 2. The molecule has 0 spiro atoms. The van der Waals surface area contributed by atoms with Gasteiger partial charge in [-0.2, -0.15) is 5.26 Å². The lowest BCUT2D eigenvalue weighted by molar-refractivity contribution is 0.0980. The zero-order chi connectivity index (χ0) is 10.6. The quantitative estimate of drug-likeness (QED) is 0.722. The molecule has 0 fully saturated rings. The van der Waals surface area contributed by atoms with Crippen molar-refractivity contribution in [2.45, 2.75) is 12.8 Å². The average Bonchev–Trinajstić information content (AvgIpc) is 2.18. The maximum absolute atomic E-state index is 13.2. The molecule has 0 radical (unpaired) electrons. The van der Waals surface area contributed by atoms with Crippen LogP contribution in [-0.2, 0) is 0 Å². The minimum atomic E-state index is -0.711. The Bertz CT molecular complexity index is 398. The highest BCUT2D eigenvalue weighted by Crippen LogP contribution is 2.19. The second kappa shape index (κ2) is 4.73. The summed E-state index contributed by atoms with van der Waals surface area (Å²) in [5.74, 6) is -1.11. The fourth-order valence-corrected chi connectivity index (χ4v) is 1.20. The molecule has 14 heavy (non-hydrogen) atoms. The van der Waals surface area contributed by atoms with Gasteiger partial charge >= 0.3 is 0 Å². The van der Waals surface area contributed by atoms with E-state index in [-0.39, 0.29) is 23.4 Å². The van der Waals surface area contributed by atoms with Crippen LogP contribution in [0.3, 0.4) is 0 Å². The summed E-state index contributed by atoms with van der Waals surface area (Å²) in [5, 5.41) is 8.19. The van der Waals surface area contributed by atoms with Crippen LogP contribution in [0.1, 0.15) is 23.2 Å². The van der Waals surface area contributed by atoms with E-state index >= 15 is 0 Å². The third-order valence-corrected chi connectivity index (χ3v) is 2.01. The Kier molecular flexibility index (Phi) is 3.61. The van der Waals surface area contributed by atoms with Gasteiger partial charge in [0, 0.05) is 12.8 Å². The van der Waals surface area contributed by atoms with E-state index in [0.717, 1.165) is 0 Å². The molecule has 0 aliphatic heterocycles. The van der Waals surface area contributed by atoms with Gasteiger partial charge in [0.2, 0.25) is 0 Å². The van der Waals surface area contributed by atoms with E-state index < -0.39 is 11.6 Å². The molecular weight excluding hydrogens is 205 g/mol. The van der Waals surface area contributed by atoms with Crippen LogP contribution in [0, 0.1) is 17.1 Å². The van der Waals surface area contributed by atoms with Crippen molar-refractivity contribution in [3.8, 4) is 6.07 Å². The van der Waals surface area contributed by atoms with Crippen molar-refractivity contribution in [1.82, 2.24) is 0 Å². The molecule has 1 aromatic carbocycles. The molecule has 0 saturated heterocycles. The van der Waals surface area contributed by atoms with Gasteiger partial charge < -0.3 is 0 Å². The Labute approximate surface area is 85.9 Å². The van der Waals surface area contributed by atoms with Crippen molar-refractivity contribution in [1.29, 1.82) is 5.26 Å². The van der Waals surface area contributed by atoms with Crippen molar-refractivity contribution < 1.29 is 9.18 Å². The first-order valence-corrected chi connectivity index (χ1v) is 4.38. The minimum Gasteiger partial charge on any atom is -0.294 e. The zero-order valence-electron chi connectivity index (χ0n) is 7.26. The Morgan fingerprint density at radius 2 is 2.29 bits per heavy atom. The smallest absolute Gasteiger partial charge is 0.166 e. The summed E-state index contributed by atoms with van der Waals surface area (Å²) < 4.78 is 13.2. The Balaban J connectivity index is 2.91. The first kappa shape index (κ1) is 10.7. The van der Waals surface area contributed by atoms with Crippen LogP contribution in [-0.4, -0.2) is 5.78 Å². The summed E-state index contributed by atoms with van der Waals surface area (Å²) in [6, 6.07) is 6.07. The van der Waals surface area contributed by atoms with E-state index in [1.165, 1.54) is 18.2 Å². The molecule has 1 aromatic rings. The predicted octanol–water partition coefficient (Wildman–Crippen LogP) is 2.97. The van der Waals surface area contributed by atoms with Gasteiger partial charge in [0.25, 0.3) is 0 Å². The van der Waals surface area contributed by atoms with Gasteiger partial charge in [0.1, 0.15) is 0 Å². The Morgan fingerprint density at radius 1 is 1.57 bits per heavy atom. The maximum Gasteiger partial charge on any atom is 0.166 e. The van der Waals surface area contributed by atoms with Crippen molar-refractivity contribution in [2.24, 2.45) is 0 Å². The second-order valence-corrected chi connectivity index (χ2v) is 3.09. The van der Waals surface area contributed by atoms with Gasteiger partial charge in [-0.05, 0) is 12.1 Å². The lowest BCUT2D eigenvalue weighted by Gasteiger charge is -2.01. The first-order chi connectivity index (χ1) is 6.66. The molecule has 0 saturated carbocycles. The number of rotatable bonds is 3. The molecule has 0 aliphatic rings. The zero-order valence-corrected chi connectivity index (χ0v) is 8.01. The predicted molar refractivity (Wildman–Crippen MR) is 50.6 cm³/mol. The standard InChI is InChI=1S/C10H7ClFNO/c11-8-4-1-3-7(10(8)12)9(14)5-2-6-13/h1,3-4H,2,5H2. The van der Waals surface area contributed by atoms with Crippen molar-refractivity contribution in [2.75, 3.05) is 0 Å². The summed E-state index contributed by atoms with van der Waals surface area (Å²) in [5.41, 5.74) is -0.0484. The van der Waals surface area contributed by atoms with Gasteiger partial charge in [0.05, 0.1) is 16.7 Å². The Morgan fingerprint density at radius 3 is 2.93 bits per heavy atom. The highest BCUT2D eigenvalue weighted by Gasteiger charge is 2.13. The molecule has 0 aliphatic carbocycles. The van der Waals surface area contributed by atoms with E-state index in [1.54, 1.807) is 0 Å². The average molecular weight is 212 g/mol. The highest BCUT2D eigenvalue weighted by molar-refractivity contribution is 6.31. The highest BCUT2D eigenvalue weighted by atomic mass is 35.5. The number of hydrogen-bond acceptors (Lipinski definition) is 2. The fraction of sp³-hybridized carbons (Fsp3) is 0.200. The molecule has 4 heteroatoms. The van der Waals surface area contributed by atoms with Gasteiger partial charge in [-0.15, -0.1) is 0 Å². The van der Waals surface area contributed by atoms with E-state index in [1.807, 2.05) is 6.07 Å². The van der Waals surface area contributed by atoms with Crippen LogP contribution < -0.4 is 0 Å². The molecule has 1 rings (SSSR count). The summed E-state index contributed by atoms with van der Waals surface area (Å²) in [4.78, 5) is 11.3. The number of benzene rings is 1. The lowest BCUT2D eigenvalue weighted by Crippen LogP contribution is -2.02. The lowest BCUT2D eigenvalue weighted by atomic mass is 10.1. The molecule has 0 bridgehead atoms. The van der Waals surface area contributed by atoms with Crippen molar-refractivity contribution in [3.05, 3.63) is 34.6 Å². The third kappa shape index (κ3) is 2.30. The second-order valence-electron chi connectivity index (χ2n) is 2.68. The van der Waals surface area contributed by atoms with E-state index in [9.17, 15) is 9.18 Å². The van der Waals surface area contributed by atoms with Gasteiger partial charge in [-0.25, -0.2) is 4.39 Å². The number of hydrogen-bond donors (Lipinski definition) is 0. The molecule has 0 aromatic heterocycles. The number of carbonyl (C=O) groups excluding carboxylic acids is 1. The van der Waals surface area contributed by atoms with Gasteiger partial charge in [-0.1, -0.05) is 17.7 Å². The molecule has 0 N–H and O–H groups in total. The van der Waals surface area contributed by atoms with E-state index in [4.69, 9.17) is 16.9 Å². The number of Topliss-reactive ketones (excluding diaryl/α,β-unsaturated/α-hetero) is 1. The molecule has 0 amide bonds. The SMILES string of the molecule is N#CCCC(=O)c1cccc(Cl)c1F. The van der Waals surface area contributed by atoms with E-state index in [2.05, 4.69) is 0 Å². The van der Waals surface area contributed by atoms with Crippen LogP contribution in [0.25, 0.3) is 0 Å². The minimum absolute atomic E-state index is 0.0216. The van der Waals surface area contributed by atoms with Gasteiger partial charge in [-0.3, -0.25) is 4.79 Å². The number of carbonyl (C=O) groups is 1.